The van der Waals surface area contributed by atoms with Crippen molar-refractivity contribution >= 4 is 23.5 Å². The van der Waals surface area contributed by atoms with Crippen molar-refractivity contribution in [3.05, 3.63) is 59.2 Å². The van der Waals surface area contributed by atoms with Gasteiger partial charge in [0.05, 0.1) is 13.0 Å². The second-order valence-electron chi connectivity index (χ2n) is 6.53. The molecule has 7 heteroatoms. The van der Waals surface area contributed by atoms with Gasteiger partial charge in [0.15, 0.2) is 0 Å². The Morgan fingerprint density at radius 2 is 1.75 bits per heavy atom. The lowest BCUT2D eigenvalue weighted by Crippen LogP contribution is -2.38. The summed E-state index contributed by atoms with van der Waals surface area (Å²) >= 11 is 0. The molecule has 0 aliphatic carbocycles. The molecule has 7 nitrogen and oxygen atoms in total. The van der Waals surface area contributed by atoms with Crippen LogP contribution in [-0.4, -0.2) is 35.5 Å². The summed E-state index contributed by atoms with van der Waals surface area (Å²) in [6.07, 6.45) is 0.186. The summed E-state index contributed by atoms with van der Waals surface area (Å²) in [7, 11) is 0. The highest BCUT2D eigenvalue weighted by molar-refractivity contribution is 5.97. The largest absolute Gasteiger partial charge is 0.493 e. The molecule has 2 rings (SSSR count). The van der Waals surface area contributed by atoms with Crippen LogP contribution in [0.25, 0.3) is 0 Å². The summed E-state index contributed by atoms with van der Waals surface area (Å²) in [5, 5.41) is 13.9. The number of aryl methyl sites for hydroxylation is 2. The van der Waals surface area contributed by atoms with E-state index in [1.165, 1.54) is 19.1 Å². The van der Waals surface area contributed by atoms with E-state index in [2.05, 4.69) is 10.6 Å². The van der Waals surface area contributed by atoms with Crippen molar-refractivity contribution < 1.29 is 24.2 Å². The van der Waals surface area contributed by atoms with E-state index in [9.17, 15) is 14.4 Å². The van der Waals surface area contributed by atoms with Crippen LogP contribution >= 0.6 is 0 Å². The van der Waals surface area contributed by atoms with Gasteiger partial charge in [-0.15, -0.1) is 0 Å². The van der Waals surface area contributed by atoms with Crippen LogP contribution in [0.15, 0.2) is 42.5 Å². The number of hydrogen-bond acceptors (Lipinski definition) is 4. The molecule has 0 heterocycles. The average Bonchev–Trinajstić information content (AvgIpc) is 2.64. The third-order valence-corrected chi connectivity index (χ3v) is 4.07. The van der Waals surface area contributed by atoms with Gasteiger partial charge < -0.3 is 20.5 Å². The molecule has 2 amide bonds. The van der Waals surface area contributed by atoms with E-state index in [0.717, 1.165) is 16.9 Å². The molecule has 0 aromatic heterocycles. The van der Waals surface area contributed by atoms with Crippen molar-refractivity contribution in [3.63, 3.8) is 0 Å². The number of carboxylic acid groups (broad SMARTS) is 1. The first-order chi connectivity index (χ1) is 13.3. The van der Waals surface area contributed by atoms with Gasteiger partial charge in [-0.3, -0.25) is 14.4 Å². The molecular formula is C21H24N2O5. The minimum atomic E-state index is -1.11. The van der Waals surface area contributed by atoms with Gasteiger partial charge in [0.25, 0.3) is 5.91 Å². The molecule has 28 heavy (non-hydrogen) atoms. The number of ether oxygens (including phenoxy) is 1. The Balaban J connectivity index is 1.82. The topological polar surface area (TPSA) is 105 Å². The number of anilines is 1. The van der Waals surface area contributed by atoms with Gasteiger partial charge in [-0.1, -0.05) is 17.7 Å². The fourth-order valence-corrected chi connectivity index (χ4v) is 2.49. The summed E-state index contributed by atoms with van der Waals surface area (Å²) in [6.45, 7) is 5.60. The highest BCUT2D eigenvalue weighted by Gasteiger charge is 2.15. The molecule has 2 aromatic rings. The standard InChI is InChI=1S/C21H24N2O5/c1-13-4-9-18(14(2)12-13)28-11-10-19(24)23-17-7-5-16(6-8-17)20(25)22-15(3)21(26)27/h4-9,12,15H,10-11H2,1-3H3,(H,22,25)(H,23,24)(H,26,27). The van der Waals surface area contributed by atoms with Crippen molar-refractivity contribution in [1.82, 2.24) is 5.32 Å². The summed E-state index contributed by atoms with van der Waals surface area (Å²) in [5.74, 6) is -1.05. The van der Waals surface area contributed by atoms with Crippen LogP contribution in [0.1, 0.15) is 34.8 Å². The molecule has 0 bridgehead atoms. The lowest BCUT2D eigenvalue weighted by molar-refractivity contribution is -0.138. The smallest absolute Gasteiger partial charge is 0.325 e. The lowest BCUT2D eigenvalue weighted by atomic mass is 10.1. The first-order valence-corrected chi connectivity index (χ1v) is 8.90. The van der Waals surface area contributed by atoms with E-state index in [-0.39, 0.29) is 18.9 Å². The summed E-state index contributed by atoms with van der Waals surface area (Å²) in [5.41, 5.74) is 3.02. The Hall–Kier alpha value is -3.35. The van der Waals surface area contributed by atoms with Gasteiger partial charge in [-0.2, -0.15) is 0 Å². The van der Waals surface area contributed by atoms with E-state index in [1.54, 1.807) is 12.1 Å². The monoisotopic (exact) mass is 384 g/mol. The molecule has 3 N–H and O–H groups in total. The maximum absolute atomic E-state index is 12.0. The Morgan fingerprint density at radius 1 is 1.07 bits per heavy atom. The van der Waals surface area contributed by atoms with Gasteiger partial charge >= 0.3 is 5.97 Å². The Bertz CT molecular complexity index is 862. The predicted octanol–water partition coefficient (Wildman–Crippen LogP) is 2.91. The van der Waals surface area contributed by atoms with Crippen molar-refractivity contribution in [2.75, 3.05) is 11.9 Å². The summed E-state index contributed by atoms with van der Waals surface area (Å²) < 4.78 is 5.65. The second kappa shape index (κ2) is 9.55. The molecule has 1 atom stereocenters. The predicted molar refractivity (Wildman–Crippen MR) is 106 cm³/mol. The third kappa shape index (κ3) is 6.12. The zero-order chi connectivity index (χ0) is 20.7. The third-order valence-electron chi connectivity index (χ3n) is 4.07. The Labute approximate surface area is 163 Å². The number of benzene rings is 2. The highest BCUT2D eigenvalue weighted by Crippen LogP contribution is 2.19. The molecule has 2 aromatic carbocycles. The SMILES string of the molecule is Cc1ccc(OCCC(=O)Nc2ccc(C(=O)NC(C)C(=O)O)cc2)c(C)c1. The zero-order valence-corrected chi connectivity index (χ0v) is 16.1. The molecule has 0 aliphatic rings. The highest BCUT2D eigenvalue weighted by atomic mass is 16.5. The van der Waals surface area contributed by atoms with E-state index in [1.807, 2.05) is 32.0 Å². The number of nitrogens with one attached hydrogen (secondary N) is 2. The number of amides is 2. The van der Waals surface area contributed by atoms with Crippen LogP contribution in [0.2, 0.25) is 0 Å². The van der Waals surface area contributed by atoms with Crippen LogP contribution < -0.4 is 15.4 Å². The van der Waals surface area contributed by atoms with Crippen LogP contribution in [-0.2, 0) is 9.59 Å². The van der Waals surface area contributed by atoms with Gasteiger partial charge in [0.2, 0.25) is 5.91 Å². The molecule has 0 aliphatic heterocycles. The minimum absolute atomic E-state index is 0.186. The average molecular weight is 384 g/mol. The Kier molecular flexibility index (Phi) is 7.14. The normalized spacial score (nSPS) is 11.4. The summed E-state index contributed by atoms with van der Waals surface area (Å²) in [4.78, 5) is 34.8. The molecule has 0 saturated heterocycles. The lowest BCUT2D eigenvalue weighted by Gasteiger charge is -2.11. The Morgan fingerprint density at radius 3 is 2.36 bits per heavy atom. The van der Waals surface area contributed by atoms with Crippen LogP contribution in [0.4, 0.5) is 5.69 Å². The van der Waals surface area contributed by atoms with Crippen LogP contribution in [0.3, 0.4) is 0 Å². The number of rotatable bonds is 8. The van der Waals surface area contributed by atoms with Gasteiger partial charge in [0.1, 0.15) is 11.8 Å². The minimum Gasteiger partial charge on any atom is -0.493 e. The van der Waals surface area contributed by atoms with E-state index < -0.39 is 17.9 Å². The van der Waals surface area contributed by atoms with Gasteiger partial charge in [-0.05, 0) is 56.7 Å². The van der Waals surface area contributed by atoms with Crippen molar-refractivity contribution in [2.24, 2.45) is 0 Å². The van der Waals surface area contributed by atoms with Crippen molar-refractivity contribution in [2.45, 2.75) is 33.2 Å². The summed E-state index contributed by atoms with van der Waals surface area (Å²) in [6, 6.07) is 11.1. The molecule has 0 spiro atoms. The molecule has 0 fully saturated rings. The van der Waals surface area contributed by atoms with Crippen molar-refractivity contribution in [3.8, 4) is 5.75 Å². The zero-order valence-electron chi connectivity index (χ0n) is 16.1. The van der Waals surface area contributed by atoms with E-state index in [0.29, 0.717) is 11.3 Å². The van der Waals surface area contributed by atoms with Gasteiger partial charge in [0, 0.05) is 11.3 Å². The molecular weight excluding hydrogens is 360 g/mol. The first kappa shape index (κ1) is 21.0. The molecule has 148 valence electrons. The number of aliphatic carboxylic acids is 1. The molecule has 0 saturated carbocycles. The number of carbonyl (C=O) groups excluding carboxylic acids is 2. The quantitative estimate of drug-likeness (QED) is 0.649. The number of hydrogen-bond donors (Lipinski definition) is 3. The first-order valence-electron chi connectivity index (χ1n) is 8.90. The van der Waals surface area contributed by atoms with Crippen LogP contribution in [0.5, 0.6) is 5.75 Å². The second-order valence-corrected chi connectivity index (χ2v) is 6.53. The van der Waals surface area contributed by atoms with Crippen LogP contribution in [0, 0.1) is 13.8 Å². The fourth-order valence-electron chi connectivity index (χ4n) is 2.49. The molecule has 1 unspecified atom stereocenters. The van der Waals surface area contributed by atoms with E-state index in [4.69, 9.17) is 9.84 Å². The number of carboxylic acids is 1. The molecule has 0 radical (unpaired) electrons. The maximum Gasteiger partial charge on any atom is 0.325 e. The van der Waals surface area contributed by atoms with E-state index >= 15 is 0 Å². The van der Waals surface area contributed by atoms with Gasteiger partial charge in [-0.25, -0.2) is 0 Å². The van der Waals surface area contributed by atoms with Crippen molar-refractivity contribution in [1.29, 1.82) is 0 Å². The maximum atomic E-state index is 12.0. The fraction of sp³-hybridized carbons (Fsp3) is 0.286. The number of carbonyl (C=O) groups is 3.